The van der Waals surface area contributed by atoms with Gasteiger partial charge in [0.2, 0.25) is 5.13 Å². The number of benzene rings is 2. The topological polar surface area (TPSA) is 73.3 Å². The van der Waals surface area contributed by atoms with Crippen molar-refractivity contribution in [3.05, 3.63) is 53.6 Å². The zero-order valence-corrected chi connectivity index (χ0v) is 16.3. The van der Waals surface area contributed by atoms with Crippen LogP contribution < -0.4 is 14.8 Å². The van der Waals surface area contributed by atoms with Crippen molar-refractivity contribution < 1.29 is 14.3 Å². The Hall–Kier alpha value is -2.93. The number of hydrogen-bond acceptors (Lipinski definition) is 6. The Bertz CT molecular complexity index is 902. The van der Waals surface area contributed by atoms with Crippen LogP contribution in [0.25, 0.3) is 11.4 Å². The van der Waals surface area contributed by atoms with Crippen LogP contribution in [0.2, 0.25) is 0 Å². The number of aryl methyl sites for hydroxylation is 2. The molecule has 0 fully saturated rings. The molecule has 0 saturated heterocycles. The van der Waals surface area contributed by atoms with Gasteiger partial charge in [-0.05, 0) is 68.3 Å². The van der Waals surface area contributed by atoms with E-state index < -0.39 is 0 Å². The summed E-state index contributed by atoms with van der Waals surface area (Å²) in [7, 11) is 0. The third-order valence-electron chi connectivity index (χ3n) is 3.66. The number of amides is 1. The van der Waals surface area contributed by atoms with E-state index in [4.69, 9.17) is 9.47 Å². The number of ether oxygens (including phenoxy) is 2. The molecule has 0 aliphatic carbocycles. The molecule has 3 rings (SSSR count). The Morgan fingerprint density at radius 1 is 1.04 bits per heavy atom. The summed E-state index contributed by atoms with van der Waals surface area (Å²) in [6.45, 7) is 6.46. The molecule has 7 heteroatoms. The highest BCUT2D eigenvalue weighted by Gasteiger charge is 2.11. The minimum Gasteiger partial charge on any atom is -0.494 e. The number of nitrogens with zero attached hydrogens (tertiary/aromatic N) is 2. The second-order valence-electron chi connectivity index (χ2n) is 6.04. The molecule has 0 aliphatic rings. The summed E-state index contributed by atoms with van der Waals surface area (Å²) in [5, 5.41) is 3.16. The zero-order chi connectivity index (χ0) is 19.2. The Kier molecular flexibility index (Phi) is 6.03. The van der Waals surface area contributed by atoms with Crippen molar-refractivity contribution in [1.29, 1.82) is 0 Å². The van der Waals surface area contributed by atoms with Gasteiger partial charge in [0.25, 0.3) is 5.91 Å². The van der Waals surface area contributed by atoms with E-state index in [1.807, 2.05) is 57.2 Å². The molecule has 0 saturated carbocycles. The first-order valence-electron chi connectivity index (χ1n) is 8.61. The fraction of sp³-hybridized carbons (Fsp3) is 0.250. The quantitative estimate of drug-likeness (QED) is 0.661. The van der Waals surface area contributed by atoms with Crippen molar-refractivity contribution in [3.8, 4) is 22.9 Å². The molecule has 1 heterocycles. The molecule has 27 heavy (non-hydrogen) atoms. The number of nitrogens with one attached hydrogen (secondary N) is 1. The predicted octanol–water partition coefficient (Wildman–Crippen LogP) is 4.24. The largest absolute Gasteiger partial charge is 0.494 e. The maximum absolute atomic E-state index is 12.1. The molecule has 0 atom stereocenters. The normalized spacial score (nSPS) is 10.5. The van der Waals surface area contributed by atoms with Crippen LogP contribution >= 0.6 is 11.5 Å². The predicted molar refractivity (Wildman–Crippen MR) is 107 cm³/mol. The van der Waals surface area contributed by atoms with Crippen LogP contribution in [0.4, 0.5) is 5.13 Å². The highest BCUT2D eigenvalue weighted by atomic mass is 32.1. The Morgan fingerprint density at radius 2 is 1.74 bits per heavy atom. The van der Waals surface area contributed by atoms with Gasteiger partial charge in [-0.3, -0.25) is 10.1 Å². The maximum Gasteiger partial charge on any atom is 0.264 e. The minimum atomic E-state index is -0.274. The first kappa shape index (κ1) is 18.8. The highest BCUT2D eigenvalue weighted by molar-refractivity contribution is 7.10. The first-order valence-corrected chi connectivity index (χ1v) is 9.38. The smallest absolute Gasteiger partial charge is 0.264 e. The van der Waals surface area contributed by atoms with Crippen LogP contribution in [-0.4, -0.2) is 28.5 Å². The second kappa shape index (κ2) is 8.64. The molecular formula is C20H21N3O3S. The van der Waals surface area contributed by atoms with Crippen molar-refractivity contribution in [2.45, 2.75) is 20.8 Å². The van der Waals surface area contributed by atoms with Crippen LogP contribution in [-0.2, 0) is 4.79 Å². The van der Waals surface area contributed by atoms with Gasteiger partial charge in [-0.1, -0.05) is 6.07 Å². The van der Waals surface area contributed by atoms with Crippen molar-refractivity contribution in [2.75, 3.05) is 18.5 Å². The molecule has 140 valence electrons. The van der Waals surface area contributed by atoms with E-state index in [1.165, 1.54) is 0 Å². The summed E-state index contributed by atoms with van der Waals surface area (Å²) in [4.78, 5) is 16.5. The van der Waals surface area contributed by atoms with E-state index in [2.05, 4.69) is 20.7 Å². The van der Waals surface area contributed by atoms with Gasteiger partial charge >= 0.3 is 0 Å². The van der Waals surface area contributed by atoms with Gasteiger partial charge in [0.05, 0.1) is 6.61 Å². The van der Waals surface area contributed by atoms with E-state index in [0.29, 0.717) is 23.3 Å². The Balaban J connectivity index is 1.57. The number of carbonyl (C=O) groups is 1. The third kappa shape index (κ3) is 5.27. The van der Waals surface area contributed by atoms with Crippen molar-refractivity contribution >= 4 is 22.6 Å². The molecular weight excluding hydrogens is 362 g/mol. The lowest BCUT2D eigenvalue weighted by atomic mass is 10.1. The summed E-state index contributed by atoms with van der Waals surface area (Å²) < 4.78 is 15.3. The van der Waals surface area contributed by atoms with Gasteiger partial charge in [0.15, 0.2) is 12.4 Å². The third-order valence-corrected chi connectivity index (χ3v) is 4.29. The van der Waals surface area contributed by atoms with Crippen LogP contribution in [0.3, 0.4) is 0 Å². The molecule has 1 N–H and O–H groups in total. The van der Waals surface area contributed by atoms with Gasteiger partial charge in [0, 0.05) is 17.1 Å². The lowest BCUT2D eigenvalue weighted by Crippen LogP contribution is -2.20. The molecule has 0 bridgehead atoms. The molecule has 0 spiro atoms. The fourth-order valence-corrected chi connectivity index (χ4v) is 3.18. The van der Waals surface area contributed by atoms with Gasteiger partial charge in [-0.25, -0.2) is 0 Å². The van der Waals surface area contributed by atoms with Crippen LogP contribution in [0.1, 0.15) is 18.1 Å². The minimum absolute atomic E-state index is 0.0825. The van der Waals surface area contributed by atoms with Crippen LogP contribution in [0.5, 0.6) is 11.5 Å². The van der Waals surface area contributed by atoms with E-state index in [9.17, 15) is 4.79 Å². The number of aromatic nitrogens is 2. The molecule has 1 amide bonds. The lowest BCUT2D eigenvalue weighted by molar-refractivity contribution is -0.118. The molecule has 3 aromatic rings. The number of anilines is 1. The van der Waals surface area contributed by atoms with Crippen LogP contribution in [0.15, 0.2) is 42.5 Å². The zero-order valence-electron chi connectivity index (χ0n) is 15.5. The average molecular weight is 383 g/mol. The van der Waals surface area contributed by atoms with E-state index in [1.54, 1.807) is 0 Å². The molecule has 0 unspecified atom stereocenters. The first-order chi connectivity index (χ1) is 13.0. The molecule has 2 aromatic carbocycles. The van der Waals surface area contributed by atoms with Crippen molar-refractivity contribution in [2.24, 2.45) is 0 Å². The second-order valence-corrected chi connectivity index (χ2v) is 6.79. The van der Waals surface area contributed by atoms with E-state index in [0.717, 1.165) is 34.0 Å². The Labute approximate surface area is 162 Å². The summed E-state index contributed by atoms with van der Waals surface area (Å²) in [5.74, 6) is 1.76. The number of carbonyl (C=O) groups excluding carboxylic acids is 1. The molecule has 6 nitrogen and oxygen atoms in total. The van der Waals surface area contributed by atoms with E-state index in [-0.39, 0.29) is 12.5 Å². The SMILES string of the molecule is CCOc1ccc(-c2nsc(NC(=O)COc3cc(C)cc(C)c3)n2)cc1. The fourth-order valence-electron chi connectivity index (χ4n) is 2.58. The molecule has 1 aromatic heterocycles. The Morgan fingerprint density at radius 3 is 2.41 bits per heavy atom. The highest BCUT2D eigenvalue weighted by Crippen LogP contribution is 2.23. The standard InChI is InChI=1S/C20H21N3O3S/c1-4-25-16-7-5-15(6-8-16)19-22-20(27-23-19)21-18(24)12-26-17-10-13(2)9-14(3)11-17/h5-11H,4,12H2,1-3H3,(H,21,22,23,24). The van der Waals surface area contributed by atoms with E-state index >= 15 is 0 Å². The van der Waals surface area contributed by atoms with Gasteiger partial charge in [-0.2, -0.15) is 9.36 Å². The number of rotatable bonds is 7. The van der Waals surface area contributed by atoms with Gasteiger partial charge in [0.1, 0.15) is 11.5 Å². The van der Waals surface area contributed by atoms with Crippen molar-refractivity contribution in [3.63, 3.8) is 0 Å². The van der Waals surface area contributed by atoms with Crippen LogP contribution in [0, 0.1) is 13.8 Å². The van der Waals surface area contributed by atoms with Gasteiger partial charge in [-0.15, -0.1) is 0 Å². The molecule has 0 aliphatic heterocycles. The summed E-state index contributed by atoms with van der Waals surface area (Å²) >= 11 is 1.13. The summed E-state index contributed by atoms with van der Waals surface area (Å²) in [6.07, 6.45) is 0. The summed E-state index contributed by atoms with van der Waals surface area (Å²) in [6, 6.07) is 13.4. The molecule has 0 radical (unpaired) electrons. The van der Waals surface area contributed by atoms with Gasteiger partial charge < -0.3 is 9.47 Å². The summed E-state index contributed by atoms with van der Waals surface area (Å²) in [5.41, 5.74) is 3.05. The average Bonchev–Trinajstić information content (AvgIpc) is 3.08. The monoisotopic (exact) mass is 383 g/mol. The number of hydrogen-bond donors (Lipinski definition) is 1. The lowest BCUT2D eigenvalue weighted by Gasteiger charge is -2.07. The van der Waals surface area contributed by atoms with Crippen molar-refractivity contribution in [1.82, 2.24) is 9.36 Å². The maximum atomic E-state index is 12.1.